The van der Waals surface area contributed by atoms with Gasteiger partial charge in [0.25, 0.3) is 5.56 Å². The molecule has 0 spiro atoms. The van der Waals surface area contributed by atoms with E-state index in [0.29, 0.717) is 16.7 Å². The van der Waals surface area contributed by atoms with E-state index < -0.39 is 0 Å². The Morgan fingerprint density at radius 2 is 1.95 bits per heavy atom. The van der Waals surface area contributed by atoms with Crippen LogP contribution in [0.3, 0.4) is 0 Å². The molecule has 0 saturated heterocycles. The number of H-pyrrole nitrogens is 1. The summed E-state index contributed by atoms with van der Waals surface area (Å²) in [6.07, 6.45) is 3.28. The molecular weight excluding hydrogens is 254 g/mol. The van der Waals surface area contributed by atoms with Gasteiger partial charge in [-0.2, -0.15) is 0 Å². The van der Waals surface area contributed by atoms with E-state index in [-0.39, 0.29) is 5.56 Å². The van der Waals surface area contributed by atoms with Crippen LogP contribution < -0.4 is 5.56 Å². The van der Waals surface area contributed by atoms with Crippen LogP contribution in [0.4, 0.5) is 0 Å². The predicted octanol–water partition coefficient (Wildman–Crippen LogP) is 1.66. The number of fused-ring (bicyclic) bond motifs is 3. The second-order valence-electron chi connectivity index (χ2n) is 4.40. The standard InChI is InChI=1S/C14H9N5O/c20-14-13-12(10-5-1-2-6-11(10)16-17-13)18-19(14)9-4-3-7-15-8-9/h1-8,18H. The van der Waals surface area contributed by atoms with Crippen LogP contribution in [0.1, 0.15) is 0 Å². The molecule has 3 aromatic heterocycles. The lowest BCUT2D eigenvalue weighted by atomic mass is 10.2. The summed E-state index contributed by atoms with van der Waals surface area (Å²) in [6, 6.07) is 11.1. The molecule has 0 aliphatic heterocycles. The molecule has 4 aromatic rings. The highest BCUT2D eigenvalue weighted by Gasteiger charge is 2.12. The average Bonchev–Trinajstić information content (AvgIpc) is 2.86. The molecule has 0 fully saturated rings. The number of aromatic nitrogens is 5. The molecular formula is C14H9N5O. The molecule has 0 saturated carbocycles. The van der Waals surface area contributed by atoms with Gasteiger partial charge in [0.15, 0.2) is 5.52 Å². The second-order valence-corrected chi connectivity index (χ2v) is 4.40. The first kappa shape index (κ1) is 10.9. The fraction of sp³-hybridized carbons (Fsp3) is 0. The number of rotatable bonds is 1. The van der Waals surface area contributed by atoms with Gasteiger partial charge < -0.3 is 0 Å². The normalized spacial score (nSPS) is 11.2. The summed E-state index contributed by atoms with van der Waals surface area (Å²) in [6.45, 7) is 0. The highest BCUT2D eigenvalue weighted by molar-refractivity contribution is 6.00. The third kappa shape index (κ3) is 1.45. The van der Waals surface area contributed by atoms with Gasteiger partial charge in [0.2, 0.25) is 0 Å². The molecule has 3 heterocycles. The van der Waals surface area contributed by atoms with Gasteiger partial charge in [-0.1, -0.05) is 18.2 Å². The van der Waals surface area contributed by atoms with E-state index in [1.54, 1.807) is 24.5 Å². The summed E-state index contributed by atoms with van der Waals surface area (Å²) < 4.78 is 1.43. The number of nitrogens with one attached hydrogen (secondary N) is 1. The Labute approximate surface area is 112 Å². The summed E-state index contributed by atoms with van der Waals surface area (Å²) in [4.78, 5) is 16.4. The smallest absolute Gasteiger partial charge is 0.288 e. The third-order valence-corrected chi connectivity index (χ3v) is 3.20. The van der Waals surface area contributed by atoms with Crippen molar-refractivity contribution in [3.8, 4) is 5.69 Å². The van der Waals surface area contributed by atoms with E-state index in [1.165, 1.54) is 4.68 Å². The minimum atomic E-state index is -0.230. The first-order chi connectivity index (χ1) is 9.84. The average molecular weight is 263 g/mol. The van der Waals surface area contributed by atoms with E-state index in [9.17, 15) is 4.79 Å². The van der Waals surface area contributed by atoms with Crippen molar-refractivity contribution >= 4 is 21.9 Å². The Balaban J connectivity index is 2.13. The minimum Gasteiger partial charge on any atom is -0.288 e. The van der Waals surface area contributed by atoms with Gasteiger partial charge in [0, 0.05) is 11.6 Å². The molecule has 6 nitrogen and oxygen atoms in total. The fourth-order valence-electron chi connectivity index (χ4n) is 2.25. The molecule has 0 aliphatic rings. The summed E-state index contributed by atoms with van der Waals surface area (Å²) in [5, 5.41) is 12.1. The van der Waals surface area contributed by atoms with E-state index >= 15 is 0 Å². The van der Waals surface area contributed by atoms with Gasteiger partial charge in [0.1, 0.15) is 0 Å². The molecule has 0 radical (unpaired) electrons. The summed E-state index contributed by atoms with van der Waals surface area (Å²) >= 11 is 0. The summed E-state index contributed by atoms with van der Waals surface area (Å²) in [7, 11) is 0. The molecule has 0 atom stereocenters. The molecule has 0 bridgehead atoms. The first-order valence-corrected chi connectivity index (χ1v) is 6.11. The molecule has 1 N–H and O–H groups in total. The van der Waals surface area contributed by atoms with Gasteiger partial charge in [-0.3, -0.25) is 14.9 Å². The monoisotopic (exact) mass is 263 g/mol. The lowest BCUT2D eigenvalue weighted by Gasteiger charge is -1.99. The number of benzene rings is 1. The van der Waals surface area contributed by atoms with E-state index in [4.69, 9.17) is 0 Å². The van der Waals surface area contributed by atoms with E-state index in [0.717, 1.165) is 10.9 Å². The van der Waals surface area contributed by atoms with Crippen molar-refractivity contribution in [3.05, 3.63) is 59.1 Å². The lowest BCUT2D eigenvalue weighted by molar-refractivity contribution is 0.857. The Morgan fingerprint density at radius 3 is 2.80 bits per heavy atom. The van der Waals surface area contributed by atoms with Crippen LogP contribution in [-0.4, -0.2) is 25.0 Å². The highest BCUT2D eigenvalue weighted by Crippen LogP contribution is 2.18. The Hall–Kier alpha value is -3.02. The molecule has 20 heavy (non-hydrogen) atoms. The highest BCUT2D eigenvalue weighted by atomic mass is 16.1. The van der Waals surface area contributed by atoms with Crippen LogP contribution in [0, 0.1) is 0 Å². The van der Waals surface area contributed by atoms with Gasteiger partial charge in [-0.25, -0.2) is 4.68 Å². The Kier molecular flexibility index (Phi) is 2.17. The topological polar surface area (TPSA) is 76.5 Å². The zero-order chi connectivity index (χ0) is 13.5. The van der Waals surface area contributed by atoms with Gasteiger partial charge >= 0.3 is 0 Å². The number of hydrogen-bond acceptors (Lipinski definition) is 4. The van der Waals surface area contributed by atoms with E-state index in [2.05, 4.69) is 20.3 Å². The van der Waals surface area contributed by atoms with Crippen LogP contribution in [0.25, 0.3) is 27.6 Å². The summed E-state index contributed by atoms with van der Waals surface area (Å²) in [5.74, 6) is 0. The predicted molar refractivity (Wildman–Crippen MR) is 74.8 cm³/mol. The number of pyridine rings is 1. The summed E-state index contributed by atoms with van der Waals surface area (Å²) in [5.41, 5.74) is 2.20. The zero-order valence-electron chi connectivity index (χ0n) is 10.3. The maximum Gasteiger partial charge on any atom is 0.299 e. The maximum absolute atomic E-state index is 12.4. The third-order valence-electron chi connectivity index (χ3n) is 3.20. The largest absolute Gasteiger partial charge is 0.299 e. The van der Waals surface area contributed by atoms with Crippen molar-refractivity contribution in [2.75, 3.05) is 0 Å². The van der Waals surface area contributed by atoms with Crippen LogP contribution >= 0.6 is 0 Å². The molecule has 0 aliphatic carbocycles. The van der Waals surface area contributed by atoms with Crippen molar-refractivity contribution in [1.29, 1.82) is 0 Å². The molecule has 0 amide bonds. The lowest BCUT2D eigenvalue weighted by Crippen LogP contribution is -2.14. The van der Waals surface area contributed by atoms with Crippen molar-refractivity contribution in [1.82, 2.24) is 25.0 Å². The fourth-order valence-corrected chi connectivity index (χ4v) is 2.25. The van der Waals surface area contributed by atoms with Crippen LogP contribution in [0.2, 0.25) is 0 Å². The zero-order valence-corrected chi connectivity index (χ0v) is 10.3. The first-order valence-electron chi connectivity index (χ1n) is 6.11. The number of nitrogens with zero attached hydrogens (tertiary/aromatic N) is 4. The maximum atomic E-state index is 12.4. The minimum absolute atomic E-state index is 0.230. The van der Waals surface area contributed by atoms with Crippen molar-refractivity contribution < 1.29 is 0 Å². The SMILES string of the molecule is O=c1c2nnc3ccccc3c2[nH]n1-c1cccnc1. The van der Waals surface area contributed by atoms with E-state index in [1.807, 2.05) is 24.3 Å². The molecule has 4 rings (SSSR count). The molecule has 6 heteroatoms. The van der Waals surface area contributed by atoms with Crippen LogP contribution in [0.15, 0.2) is 53.6 Å². The Bertz CT molecular complexity index is 971. The van der Waals surface area contributed by atoms with Crippen molar-refractivity contribution in [2.45, 2.75) is 0 Å². The van der Waals surface area contributed by atoms with Crippen LogP contribution in [0.5, 0.6) is 0 Å². The van der Waals surface area contributed by atoms with Crippen LogP contribution in [-0.2, 0) is 0 Å². The molecule has 96 valence electrons. The van der Waals surface area contributed by atoms with Crippen molar-refractivity contribution in [3.63, 3.8) is 0 Å². The van der Waals surface area contributed by atoms with Gasteiger partial charge in [-0.15, -0.1) is 10.2 Å². The molecule has 1 aromatic carbocycles. The second kappa shape index (κ2) is 3.99. The molecule has 0 unspecified atom stereocenters. The van der Waals surface area contributed by atoms with Gasteiger partial charge in [0.05, 0.1) is 22.9 Å². The van der Waals surface area contributed by atoms with Gasteiger partial charge in [-0.05, 0) is 18.2 Å². The quantitative estimate of drug-likeness (QED) is 0.566. The number of aromatic amines is 1. The number of hydrogen-bond donors (Lipinski definition) is 1. The Morgan fingerprint density at radius 1 is 1.05 bits per heavy atom. The van der Waals surface area contributed by atoms with Crippen molar-refractivity contribution in [2.24, 2.45) is 0 Å².